The van der Waals surface area contributed by atoms with E-state index in [-0.39, 0.29) is 5.82 Å². The van der Waals surface area contributed by atoms with Gasteiger partial charge in [0, 0.05) is 18.0 Å². The van der Waals surface area contributed by atoms with Crippen molar-refractivity contribution in [2.24, 2.45) is 0 Å². The van der Waals surface area contributed by atoms with Crippen molar-refractivity contribution < 1.29 is 4.39 Å². The minimum atomic E-state index is -0.278. The number of hydrogen-bond acceptors (Lipinski definition) is 1. The molecule has 2 aromatic heterocycles. The smallest absolute Gasteiger partial charge is 0.138 e. The van der Waals surface area contributed by atoms with Crippen LogP contribution in [0, 0.1) is 5.82 Å². The van der Waals surface area contributed by atoms with Gasteiger partial charge in [0.15, 0.2) is 0 Å². The molecule has 3 rings (SSSR count). The molecule has 0 aliphatic heterocycles. The van der Waals surface area contributed by atoms with Crippen molar-refractivity contribution in [1.29, 1.82) is 0 Å². The topological polar surface area (TPSA) is 17.3 Å². The summed E-state index contributed by atoms with van der Waals surface area (Å²) in [5.74, 6) is -0.278. The maximum atomic E-state index is 13.4. The van der Waals surface area contributed by atoms with Gasteiger partial charge < -0.3 is 4.40 Å². The van der Waals surface area contributed by atoms with E-state index in [2.05, 4.69) is 20.9 Å². The molecule has 1 aromatic carbocycles. The monoisotopic (exact) mass is 290 g/mol. The quantitative estimate of drug-likeness (QED) is 0.664. The Morgan fingerprint density at radius 1 is 1.18 bits per heavy atom. The molecule has 0 amide bonds. The van der Waals surface area contributed by atoms with Crippen LogP contribution in [0.15, 0.2) is 53.3 Å². The molecule has 0 unspecified atom stereocenters. The Bertz CT molecular complexity index is 658. The second-order valence-electron chi connectivity index (χ2n) is 3.72. The van der Waals surface area contributed by atoms with E-state index in [1.165, 1.54) is 6.07 Å². The molecule has 3 aromatic rings. The van der Waals surface area contributed by atoms with Crippen LogP contribution in [0.1, 0.15) is 0 Å². The van der Waals surface area contributed by atoms with E-state index in [1.807, 2.05) is 41.1 Å². The lowest BCUT2D eigenvalue weighted by Crippen LogP contribution is -1.81. The number of nitrogens with zero attached hydrogens (tertiary/aromatic N) is 2. The number of pyridine rings is 1. The highest BCUT2D eigenvalue weighted by Gasteiger charge is 2.06. The van der Waals surface area contributed by atoms with Crippen LogP contribution in [0.25, 0.3) is 16.9 Å². The number of benzene rings is 1. The van der Waals surface area contributed by atoms with Gasteiger partial charge in [0.2, 0.25) is 0 Å². The van der Waals surface area contributed by atoms with Gasteiger partial charge in [0.25, 0.3) is 0 Å². The second-order valence-corrected chi connectivity index (χ2v) is 4.58. The fourth-order valence-electron chi connectivity index (χ4n) is 1.73. The summed E-state index contributed by atoms with van der Waals surface area (Å²) in [7, 11) is 0. The number of imidazole rings is 1. The summed E-state index contributed by atoms with van der Waals surface area (Å²) in [5, 5.41) is 0. The molecule has 2 heterocycles. The van der Waals surface area contributed by atoms with Gasteiger partial charge in [-0.25, -0.2) is 9.37 Å². The Morgan fingerprint density at radius 3 is 2.82 bits per heavy atom. The van der Waals surface area contributed by atoms with Gasteiger partial charge in [-0.2, -0.15) is 0 Å². The van der Waals surface area contributed by atoms with Crippen molar-refractivity contribution in [2.75, 3.05) is 0 Å². The van der Waals surface area contributed by atoms with Crippen molar-refractivity contribution in [3.63, 3.8) is 0 Å². The van der Waals surface area contributed by atoms with E-state index in [4.69, 9.17) is 0 Å². The molecule has 0 saturated heterocycles. The summed E-state index contributed by atoms with van der Waals surface area (Å²) in [6, 6.07) is 10.8. The lowest BCUT2D eigenvalue weighted by molar-refractivity contribution is 0.621. The van der Waals surface area contributed by atoms with Gasteiger partial charge in [-0.1, -0.05) is 12.1 Å². The molecule has 0 aliphatic carbocycles. The predicted molar refractivity (Wildman–Crippen MR) is 68.3 cm³/mol. The van der Waals surface area contributed by atoms with Gasteiger partial charge in [0.1, 0.15) is 11.5 Å². The number of fused-ring (bicyclic) bond motifs is 1. The zero-order valence-corrected chi connectivity index (χ0v) is 10.4. The third-order valence-electron chi connectivity index (χ3n) is 2.58. The Morgan fingerprint density at radius 2 is 2.06 bits per heavy atom. The molecule has 0 saturated carbocycles. The van der Waals surface area contributed by atoms with Crippen molar-refractivity contribution in [3.05, 3.63) is 59.1 Å². The van der Waals surface area contributed by atoms with Gasteiger partial charge in [0.05, 0.1) is 10.2 Å². The van der Waals surface area contributed by atoms with Crippen LogP contribution in [-0.2, 0) is 0 Å². The second kappa shape index (κ2) is 3.96. The number of aromatic nitrogens is 2. The summed E-state index contributed by atoms with van der Waals surface area (Å²) in [6.07, 6.45) is 3.80. The van der Waals surface area contributed by atoms with E-state index in [0.29, 0.717) is 4.47 Å². The molecule has 2 nitrogen and oxygen atoms in total. The lowest BCUT2D eigenvalue weighted by atomic mass is 10.2. The highest BCUT2D eigenvalue weighted by Crippen LogP contribution is 2.24. The molecular weight excluding hydrogens is 283 g/mol. The number of rotatable bonds is 1. The zero-order valence-electron chi connectivity index (χ0n) is 8.77. The normalized spacial score (nSPS) is 10.9. The predicted octanol–water partition coefficient (Wildman–Crippen LogP) is 3.90. The average Bonchev–Trinajstić information content (AvgIpc) is 2.76. The summed E-state index contributed by atoms with van der Waals surface area (Å²) in [6.45, 7) is 0. The minimum Gasteiger partial charge on any atom is -0.306 e. The Balaban J connectivity index is 2.17. The first-order valence-corrected chi connectivity index (χ1v) is 5.92. The average molecular weight is 291 g/mol. The third kappa shape index (κ3) is 1.85. The molecule has 84 valence electrons. The Labute approximate surface area is 106 Å². The first-order chi connectivity index (χ1) is 8.24. The molecule has 0 N–H and O–H groups in total. The van der Waals surface area contributed by atoms with Gasteiger partial charge in [-0.15, -0.1) is 0 Å². The van der Waals surface area contributed by atoms with Crippen molar-refractivity contribution in [1.82, 2.24) is 9.38 Å². The summed E-state index contributed by atoms with van der Waals surface area (Å²) >= 11 is 3.14. The highest BCUT2D eigenvalue weighted by atomic mass is 79.9. The number of hydrogen-bond donors (Lipinski definition) is 0. The summed E-state index contributed by atoms with van der Waals surface area (Å²) in [5.41, 5.74) is 2.39. The lowest BCUT2D eigenvalue weighted by Gasteiger charge is -1.98. The first-order valence-electron chi connectivity index (χ1n) is 5.13. The SMILES string of the molecule is Fc1cc(-c2cn3ccccc3n2)ccc1Br. The molecule has 17 heavy (non-hydrogen) atoms. The van der Waals surface area contributed by atoms with Crippen LogP contribution in [-0.4, -0.2) is 9.38 Å². The van der Waals surface area contributed by atoms with Gasteiger partial charge in [-0.3, -0.25) is 0 Å². The largest absolute Gasteiger partial charge is 0.306 e. The molecule has 0 atom stereocenters. The van der Waals surface area contributed by atoms with E-state index in [9.17, 15) is 4.39 Å². The summed E-state index contributed by atoms with van der Waals surface area (Å²) in [4.78, 5) is 4.43. The fraction of sp³-hybridized carbons (Fsp3) is 0. The van der Waals surface area contributed by atoms with E-state index in [1.54, 1.807) is 6.07 Å². The number of halogens is 2. The molecule has 0 bridgehead atoms. The maximum absolute atomic E-state index is 13.4. The maximum Gasteiger partial charge on any atom is 0.138 e. The van der Waals surface area contributed by atoms with E-state index >= 15 is 0 Å². The van der Waals surface area contributed by atoms with Crippen molar-refractivity contribution >= 4 is 21.6 Å². The van der Waals surface area contributed by atoms with Crippen molar-refractivity contribution in [2.45, 2.75) is 0 Å². The molecule has 0 spiro atoms. The highest BCUT2D eigenvalue weighted by molar-refractivity contribution is 9.10. The summed E-state index contributed by atoms with van der Waals surface area (Å²) < 4.78 is 15.8. The van der Waals surface area contributed by atoms with Crippen molar-refractivity contribution in [3.8, 4) is 11.3 Å². The Kier molecular flexibility index (Phi) is 2.44. The zero-order chi connectivity index (χ0) is 11.8. The van der Waals surface area contributed by atoms with Gasteiger partial charge >= 0.3 is 0 Å². The molecular formula is C13H8BrFN2. The molecule has 0 aliphatic rings. The Hall–Kier alpha value is -1.68. The van der Waals surface area contributed by atoms with Crippen LogP contribution in [0.4, 0.5) is 4.39 Å². The minimum absolute atomic E-state index is 0.278. The van der Waals surface area contributed by atoms with Crippen LogP contribution in [0.3, 0.4) is 0 Å². The van der Waals surface area contributed by atoms with E-state index < -0.39 is 0 Å². The van der Waals surface area contributed by atoms with Crippen LogP contribution in [0.5, 0.6) is 0 Å². The van der Waals surface area contributed by atoms with Crippen LogP contribution in [0.2, 0.25) is 0 Å². The van der Waals surface area contributed by atoms with E-state index in [0.717, 1.165) is 16.9 Å². The standard InChI is InChI=1S/C13H8BrFN2/c14-10-5-4-9(7-11(10)15)12-8-17-6-2-1-3-13(17)16-12/h1-8H. The first kappa shape index (κ1) is 10.5. The van der Waals surface area contributed by atoms with Crippen LogP contribution >= 0.6 is 15.9 Å². The van der Waals surface area contributed by atoms with Crippen LogP contribution < -0.4 is 0 Å². The molecule has 0 fully saturated rings. The molecule has 4 heteroatoms. The van der Waals surface area contributed by atoms with Gasteiger partial charge in [-0.05, 0) is 40.2 Å². The molecule has 0 radical (unpaired) electrons. The fourth-order valence-corrected chi connectivity index (χ4v) is 1.98. The third-order valence-corrected chi connectivity index (χ3v) is 3.22.